The summed E-state index contributed by atoms with van der Waals surface area (Å²) in [6.07, 6.45) is 1.66. The molecule has 0 aromatic heterocycles. The third-order valence-corrected chi connectivity index (χ3v) is 4.52. The SMILES string of the molecule is CN=C(NCc1ccccc1)NCc1cccc(CN2CCCC2=O)c1.I. The minimum absolute atomic E-state index is 0. The van der Waals surface area contributed by atoms with Crippen molar-refractivity contribution in [1.82, 2.24) is 15.5 Å². The number of halogens is 1. The summed E-state index contributed by atoms with van der Waals surface area (Å²) in [4.78, 5) is 18.0. The number of nitrogens with zero attached hydrogens (tertiary/aromatic N) is 2. The summed E-state index contributed by atoms with van der Waals surface area (Å²) in [5.41, 5.74) is 3.57. The van der Waals surface area contributed by atoms with Gasteiger partial charge in [0.25, 0.3) is 0 Å². The highest BCUT2D eigenvalue weighted by Crippen LogP contribution is 2.15. The Labute approximate surface area is 178 Å². The van der Waals surface area contributed by atoms with Crippen molar-refractivity contribution in [2.45, 2.75) is 32.5 Å². The number of carbonyl (C=O) groups excluding carboxylic acids is 1. The van der Waals surface area contributed by atoms with Crippen LogP contribution in [0.25, 0.3) is 0 Å². The van der Waals surface area contributed by atoms with Gasteiger partial charge >= 0.3 is 0 Å². The van der Waals surface area contributed by atoms with Gasteiger partial charge in [0.05, 0.1) is 0 Å². The topological polar surface area (TPSA) is 56.7 Å². The number of carbonyl (C=O) groups is 1. The Bertz CT molecular complexity index is 764. The maximum atomic E-state index is 11.8. The quantitative estimate of drug-likeness (QED) is 0.381. The van der Waals surface area contributed by atoms with E-state index in [2.05, 4.69) is 46.0 Å². The molecule has 1 saturated heterocycles. The molecule has 27 heavy (non-hydrogen) atoms. The van der Waals surface area contributed by atoms with Crippen molar-refractivity contribution >= 4 is 35.8 Å². The molecule has 2 aromatic rings. The Balaban J connectivity index is 0.00000261. The van der Waals surface area contributed by atoms with E-state index >= 15 is 0 Å². The molecule has 0 saturated carbocycles. The van der Waals surface area contributed by atoms with Gasteiger partial charge in [0.15, 0.2) is 5.96 Å². The normalized spacial score (nSPS) is 14.0. The Morgan fingerprint density at radius 2 is 1.67 bits per heavy atom. The standard InChI is InChI=1S/C21H26N4O.HI/c1-22-21(23-14-17-7-3-2-4-8-17)24-15-18-9-5-10-19(13-18)16-25-12-6-11-20(25)26;/h2-5,7-10,13H,6,11-12,14-16H2,1H3,(H2,22,23,24);1H. The summed E-state index contributed by atoms with van der Waals surface area (Å²) in [6.45, 7) is 3.00. The predicted octanol–water partition coefficient (Wildman–Crippen LogP) is 3.29. The summed E-state index contributed by atoms with van der Waals surface area (Å²) in [6, 6.07) is 18.6. The summed E-state index contributed by atoms with van der Waals surface area (Å²) in [5, 5.41) is 6.67. The van der Waals surface area contributed by atoms with Crippen molar-refractivity contribution in [3.05, 3.63) is 71.3 Å². The molecule has 0 radical (unpaired) electrons. The number of likely N-dealkylation sites (tertiary alicyclic amines) is 1. The monoisotopic (exact) mass is 478 g/mol. The smallest absolute Gasteiger partial charge is 0.222 e. The lowest BCUT2D eigenvalue weighted by Crippen LogP contribution is -2.36. The molecule has 0 unspecified atom stereocenters. The molecule has 0 bridgehead atoms. The van der Waals surface area contributed by atoms with Gasteiger partial charge in [0.1, 0.15) is 0 Å². The van der Waals surface area contributed by atoms with Crippen molar-refractivity contribution in [3.8, 4) is 0 Å². The van der Waals surface area contributed by atoms with Gasteiger partial charge in [0, 0.05) is 39.6 Å². The van der Waals surface area contributed by atoms with Crippen LogP contribution in [0.2, 0.25) is 0 Å². The number of nitrogens with one attached hydrogen (secondary N) is 2. The molecule has 3 rings (SSSR count). The first-order valence-electron chi connectivity index (χ1n) is 9.08. The van der Waals surface area contributed by atoms with Crippen LogP contribution in [0, 0.1) is 0 Å². The molecular weight excluding hydrogens is 451 g/mol. The van der Waals surface area contributed by atoms with Crippen LogP contribution in [-0.2, 0) is 24.4 Å². The first kappa shape index (κ1) is 21.2. The van der Waals surface area contributed by atoms with Crippen LogP contribution < -0.4 is 10.6 Å². The van der Waals surface area contributed by atoms with E-state index in [4.69, 9.17) is 0 Å². The van der Waals surface area contributed by atoms with Crippen molar-refractivity contribution < 1.29 is 4.79 Å². The summed E-state index contributed by atoms with van der Waals surface area (Å²) in [7, 11) is 1.77. The fraction of sp³-hybridized carbons (Fsp3) is 0.333. The van der Waals surface area contributed by atoms with E-state index in [-0.39, 0.29) is 29.9 Å². The van der Waals surface area contributed by atoms with Gasteiger partial charge in [-0.2, -0.15) is 0 Å². The van der Waals surface area contributed by atoms with E-state index < -0.39 is 0 Å². The number of hydrogen-bond donors (Lipinski definition) is 2. The maximum absolute atomic E-state index is 11.8. The molecular formula is C21H27IN4O. The van der Waals surface area contributed by atoms with Gasteiger partial charge in [-0.25, -0.2) is 0 Å². The van der Waals surface area contributed by atoms with E-state index in [0.717, 1.165) is 25.5 Å². The van der Waals surface area contributed by atoms with Crippen molar-refractivity contribution in [2.24, 2.45) is 4.99 Å². The largest absolute Gasteiger partial charge is 0.352 e. The number of aliphatic imine (C=N–C) groups is 1. The fourth-order valence-electron chi connectivity index (χ4n) is 3.12. The highest BCUT2D eigenvalue weighted by atomic mass is 127. The molecule has 2 N–H and O–H groups in total. The predicted molar refractivity (Wildman–Crippen MR) is 120 cm³/mol. The fourth-order valence-corrected chi connectivity index (χ4v) is 3.12. The van der Waals surface area contributed by atoms with Gasteiger partial charge in [-0.05, 0) is 23.1 Å². The highest BCUT2D eigenvalue weighted by molar-refractivity contribution is 14.0. The molecule has 1 aliphatic heterocycles. The molecule has 0 atom stereocenters. The Morgan fingerprint density at radius 1 is 1.00 bits per heavy atom. The number of hydrogen-bond acceptors (Lipinski definition) is 2. The zero-order valence-corrected chi connectivity index (χ0v) is 18.0. The first-order chi connectivity index (χ1) is 12.7. The molecule has 1 amide bonds. The molecule has 6 heteroatoms. The molecule has 5 nitrogen and oxygen atoms in total. The second-order valence-corrected chi connectivity index (χ2v) is 6.50. The molecule has 1 aliphatic rings. The van der Waals surface area contributed by atoms with E-state index in [1.54, 1.807) is 7.05 Å². The van der Waals surface area contributed by atoms with E-state index in [9.17, 15) is 4.79 Å². The average Bonchev–Trinajstić information content (AvgIpc) is 3.08. The van der Waals surface area contributed by atoms with Crippen LogP contribution in [0.5, 0.6) is 0 Å². The van der Waals surface area contributed by atoms with Crippen LogP contribution in [0.15, 0.2) is 59.6 Å². The summed E-state index contributed by atoms with van der Waals surface area (Å²) < 4.78 is 0. The third kappa shape index (κ3) is 6.53. The minimum atomic E-state index is 0. The van der Waals surface area contributed by atoms with E-state index in [1.807, 2.05) is 29.2 Å². The Morgan fingerprint density at radius 3 is 2.33 bits per heavy atom. The Hall–Kier alpha value is -2.09. The average molecular weight is 478 g/mol. The van der Waals surface area contributed by atoms with E-state index in [1.165, 1.54) is 16.7 Å². The lowest BCUT2D eigenvalue weighted by molar-refractivity contribution is -0.128. The lowest BCUT2D eigenvalue weighted by Gasteiger charge is -2.16. The maximum Gasteiger partial charge on any atom is 0.222 e. The lowest BCUT2D eigenvalue weighted by atomic mass is 10.1. The molecule has 1 fully saturated rings. The number of rotatable bonds is 6. The highest BCUT2D eigenvalue weighted by Gasteiger charge is 2.19. The van der Waals surface area contributed by atoms with Crippen LogP contribution in [0.1, 0.15) is 29.5 Å². The van der Waals surface area contributed by atoms with Crippen LogP contribution in [-0.4, -0.2) is 30.4 Å². The summed E-state index contributed by atoms with van der Waals surface area (Å²) >= 11 is 0. The first-order valence-corrected chi connectivity index (χ1v) is 9.08. The zero-order chi connectivity index (χ0) is 18.2. The van der Waals surface area contributed by atoms with Crippen molar-refractivity contribution in [3.63, 3.8) is 0 Å². The zero-order valence-electron chi connectivity index (χ0n) is 15.6. The van der Waals surface area contributed by atoms with Gasteiger partial charge in [-0.15, -0.1) is 24.0 Å². The second kappa shape index (κ2) is 10.9. The third-order valence-electron chi connectivity index (χ3n) is 4.52. The second-order valence-electron chi connectivity index (χ2n) is 6.50. The van der Waals surface area contributed by atoms with Gasteiger partial charge in [0.2, 0.25) is 5.91 Å². The van der Waals surface area contributed by atoms with Gasteiger partial charge in [-0.1, -0.05) is 54.6 Å². The molecule has 2 aromatic carbocycles. The van der Waals surface area contributed by atoms with Gasteiger partial charge in [-0.3, -0.25) is 9.79 Å². The minimum Gasteiger partial charge on any atom is -0.352 e. The molecule has 1 heterocycles. The van der Waals surface area contributed by atoms with Crippen molar-refractivity contribution in [1.29, 1.82) is 0 Å². The molecule has 0 spiro atoms. The van der Waals surface area contributed by atoms with Gasteiger partial charge < -0.3 is 15.5 Å². The van der Waals surface area contributed by atoms with Crippen molar-refractivity contribution in [2.75, 3.05) is 13.6 Å². The molecule has 0 aliphatic carbocycles. The molecule has 144 valence electrons. The Kier molecular flexibility index (Phi) is 8.57. The van der Waals surface area contributed by atoms with Crippen LogP contribution in [0.3, 0.4) is 0 Å². The summed E-state index contributed by atoms with van der Waals surface area (Å²) in [5.74, 6) is 1.04. The number of guanidine groups is 1. The van der Waals surface area contributed by atoms with E-state index in [0.29, 0.717) is 19.5 Å². The number of amides is 1. The number of benzene rings is 2. The van der Waals surface area contributed by atoms with Crippen LogP contribution >= 0.6 is 24.0 Å². The van der Waals surface area contributed by atoms with Crippen LogP contribution in [0.4, 0.5) is 0 Å².